The molecule has 2 aliphatic rings. The van der Waals surface area contributed by atoms with Crippen LogP contribution in [0.4, 0.5) is 0 Å². The first-order valence-corrected chi connectivity index (χ1v) is 9.73. The highest BCUT2D eigenvalue weighted by molar-refractivity contribution is 7.46. The van der Waals surface area contributed by atoms with Gasteiger partial charge in [0.25, 0.3) is 0 Å². The van der Waals surface area contributed by atoms with Crippen LogP contribution in [0.15, 0.2) is 0 Å². The van der Waals surface area contributed by atoms with Gasteiger partial charge in [-0.15, -0.1) is 0 Å². The van der Waals surface area contributed by atoms with Gasteiger partial charge in [-0.1, -0.05) is 0 Å². The molecule has 0 aromatic carbocycles. The fourth-order valence-corrected chi connectivity index (χ4v) is 3.24. The Morgan fingerprint density at radius 1 is 0.857 bits per heavy atom. The van der Waals surface area contributed by atoms with Crippen LogP contribution in [0.2, 0.25) is 0 Å². The van der Waals surface area contributed by atoms with E-state index in [9.17, 15) is 35.2 Å². The fraction of sp³-hybridized carbons (Fsp3) is 1.00. The van der Waals surface area contributed by atoms with Crippen molar-refractivity contribution in [1.29, 1.82) is 0 Å². The van der Waals surface area contributed by atoms with Gasteiger partial charge in [-0.2, -0.15) is 0 Å². The minimum Gasteiger partial charge on any atom is -0.394 e. The Morgan fingerprint density at radius 2 is 1.46 bits per heavy atom. The summed E-state index contributed by atoms with van der Waals surface area (Å²) in [5, 5.41) is 59.7. The maximum absolute atomic E-state index is 10.8. The average Bonchev–Trinajstić information content (AvgIpc) is 2.63. The van der Waals surface area contributed by atoms with Crippen molar-refractivity contribution in [3.63, 3.8) is 0 Å². The van der Waals surface area contributed by atoms with Crippen molar-refractivity contribution in [2.45, 2.75) is 61.4 Å². The molecular formula is C13H25O14P. The zero-order chi connectivity index (χ0) is 21.2. The number of hydrogen-bond acceptors (Lipinski definition) is 12. The van der Waals surface area contributed by atoms with Crippen molar-refractivity contribution in [2.75, 3.05) is 20.3 Å². The lowest BCUT2D eigenvalue weighted by Crippen LogP contribution is -2.64. The minimum absolute atomic E-state index is 0.651. The van der Waals surface area contributed by atoms with Crippen LogP contribution in [0.1, 0.15) is 0 Å². The summed E-state index contributed by atoms with van der Waals surface area (Å²) in [7, 11) is -3.72. The number of phosphoric acid groups is 1. The molecule has 0 spiro atoms. The summed E-state index contributed by atoms with van der Waals surface area (Å²) < 4.78 is 35.6. The molecule has 14 nitrogen and oxygen atoms in total. The van der Waals surface area contributed by atoms with Gasteiger partial charge in [-0.05, 0) is 0 Å². The molecule has 0 saturated carbocycles. The molecule has 0 aliphatic carbocycles. The van der Waals surface area contributed by atoms with E-state index in [2.05, 4.69) is 4.52 Å². The monoisotopic (exact) mass is 436 g/mol. The molecule has 28 heavy (non-hydrogen) atoms. The molecule has 2 heterocycles. The van der Waals surface area contributed by atoms with E-state index in [0.29, 0.717) is 0 Å². The molecular weight excluding hydrogens is 411 g/mol. The van der Waals surface area contributed by atoms with E-state index in [0.717, 1.165) is 0 Å². The van der Waals surface area contributed by atoms with E-state index >= 15 is 0 Å². The number of phosphoric ester groups is 1. The molecule has 0 bridgehead atoms. The lowest BCUT2D eigenvalue weighted by molar-refractivity contribution is -0.357. The van der Waals surface area contributed by atoms with Gasteiger partial charge in [-0.25, -0.2) is 4.57 Å². The molecule has 2 saturated heterocycles. The molecule has 166 valence electrons. The topological polar surface area (TPSA) is 225 Å². The number of rotatable bonds is 7. The Morgan fingerprint density at radius 3 is 2.00 bits per heavy atom. The van der Waals surface area contributed by atoms with Crippen LogP contribution in [-0.2, 0) is 28.0 Å². The SMILES string of the molecule is CO[C@H]1O[C@H](CO)[C@@H](O)[C@H](O[C@H]2O[C@H](COP(=O)(O)O)[C@@H](O)[C@H](O)[C@@H]2O)[C@@H]1O. The summed E-state index contributed by atoms with van der Waals surface area (Å²) in [4.78, 5) is 17.5. The predicted octanol–water partition coefficient (Wildman–Crippen LogP) is -4.63. The van der Waals surface area contributed by atoms with E-state index in [-0.39, 0.29) is 0 Å². The number of aliphatic hydroxyl groups is 6. The van der Waals surface area contributed by atoms with Crippen LogP contribution >= 0.6 is 7.82 Å². The second kappa shape index (κ2) is 9.68. The van der Waals surface area contributed by atoms with Gasteiger partial charge in [0.05, 0.1) is 13.2 Å². The predicted molar refractivity (Wildman–Crippen MR) is 84.3 cm³/mol. The average molecular weight is 436 g/mol. The lowest BCUT2D eigenvalue weighted by Gasteiger charge is -2.45. The summed E-state index contributed by atoms with van der Waals surface area (Å²) in [6.07, 6.45) is -15.9. The van der Waals surface area contributed by atoms with Gasteiger partial charge in [0.2, 0.25) is 0 Å². The molecule has 0 amide bonds. The van der Waals surface area contributed by atoms with Crippen molar-refractivity contribution in [3.8, 4) is 0 Å². The van der Waals surface area contributed by atoms with Gasteiger partial charge in [0.15, 0.2) is 12.6 Å². The highest BCUT2D eigenvalue weighted by Gasteiger charge is 2.51. The third-order valence-corrected chi connectivity index (χ3v) is 4.91. The molecule has 15 heteroatoms. The molecule has 2 aliphatic heterocycles. The van der Waals surface area contributed by atoms with E-state index in [4.69, 9.17) is 28.7 Å². The Kier molecular flexibility index (Phi) is 8.29. The van der Waals surface area contributed by atoms with Crippen LogP contribution in [0.3, 0.4) is 0 Å². The third-order valence-electron chi connectivity index (χ3n) is 4.42. The molecule has 0 radical (unpaired) electrons. The van der Waals surface area contributed by atoms with Crippen LogP contribution in [0.25, 0.3) is 0 Å². The second-order valence-electron chi connectivity index (χ2n) is 6.34. The maximum atomic E-state index is 10.8. The highest BCUT2D eigenvalue weighted by Crippen LogP contribution is 2.37. The minimum atomic E-state index is -4.91. The lowest BCUT2D eigenvalue weighted by atomic mass is 9.97. The first-order chi connectivity index (χ1) is 13.0. The van der Waals surface area contributed by atoms with Crippen LogP contribution in [-0.4, -0.2) is 122 Å². The van der Waals surface area contributed by atoms with Gasteiger partial charge < -0.3 is 59.4 Å². The maximum Gasteiger partial charge on any atom is 0.469 e. The van der Waals surface area contributed by atoms with E-state index in [1.807, 2.05) is 0 Å². The molecule has 8 N–H and O–H groups in total. The summed E-state index contributed by atoms with van der Waals surface area (Å²) >= 11 is 0. The Bertz CT molecular complexity index is 527. The van der Waals surface area contributed by atoms with Crippen molar-refractivity contribution < 1.29 is 68.5 Å². The van der Waals surface area contributed by atoms with Crippen LogP contribution in [0.5, 0.6) is 0 Å². The van der Waals surface area contributed by atoms with Crippen molar-refractivity contribution in [3.05, 3.63) is 0 Å². The fourth-order valence-electron chi connectivity index (χ4n) is 2.90. The van der Waals surface area contributed by atoms with Crippen molar-refractivity contribution >= 4 is 7.82 Å². The first kappa shape index (κ1) is 24.0. The summed E-state index contributed by atoms with van der Waals surface area (Å²) in [5.74, 6) is 0. The third kappa shape index (κ3) is 5.44. The summed E-state index contributed by atoms with van der Waals surface area (Å²) in [6, 6.07) is 0. The van der Waals surface area contributed by atoms with E-state index < -0.39 is 82.4 Å². The Hall–Kier alpha value is -0.290. The number of hydrogen-bond donors (Lipinski definition) is 8. The Balaban J connectivity index is 2.13. The quantitative estimate of drug-likeness (QED) is 0.176. The molecule has 0 aromatic heterocycles. The van der Waals surface area contributed by atoms with Gasteiger partial charge in [0, 0.05) is 7.11 Å². The molecule has 2 fully saturated rings. The molecule has 10 atom stereocenters. The Labute approximate surface area is 159 Å². The zero-order valence-corrected chi connectivity index (χ0v) is 15.6. The molecule has 0 aromatic rings. The van der Waals surface area contributed by atoms with Crippen LogP contribution < -0.4 is 0 Å². The standard InChI is InChI=1S/C13H25O14P/c1-23-12-10(19)11(7(16)4(2-14)25-12)27-13-9(18)8(17)6(15)5(26-13)3-24-28(20,21)22/h4-19H,2-3H2,1H3,(H2,20,21,22)/t4-,5-,6-,7-,8+,9+,10+,11+,12+,13-/m1/s1. The molecule has 0 unspecified atom stereocenters. The highest BCUT2D eigenvalue weighted by atomic mass is 31.2. The number of ether oxygens (including phenoxy) is 4. The summed E-state index contributed by atoms with van der Waals surface area (Å²) in [6.45, 7) is -1.50. The van der Waals surface area contributed by atoms with Crippen molar-refractivity contribution in [1.82, 2.24) is 0 Å². The number of methoxy groups -OCH3 is 1. The largest absolute Gasteiger partial charge is 0.469 e. The first-order valence-electron chi connectivity index (χ1n) is 8.20. The van der Waals surface area contributed by atoms with Crippen molar-refractivity contribution in [2.24, 2.45) is 0 Å². The zero-order valence-electron chi connectivity index (χ0n) is 14.7. The van der Waals surface area contributed by atoms with Gasteiger partial charge in [-0.3, -0.25) is 4.52 Å². The number of aliphatic hydroxyl groups excluding tert-OH is 6. The van der Waals surface area contributed by atoms with Crippen LogP contribution in [0, 0.1) is 0 Å². The van der Waals surface area contributed by atoms with E-state index in [1.54, 1.807) is 0 Å². The van der Waals surface area contributed by atoms with Gasteiger partial charge in [0.1, 0.15) is 48.8 Å². The second-order valence-corrected chi connectivity index (χ2v) is 7.58. The summed E-state index contributed by atoms with van der Waals surface area (Å²) in [5.41, 5.74) is 0. The smallest absolute Gasteiger partial charge is 0.394 e. The normalized spacial score (nSPS) is 45.2. The molecule has 2 rings (SSSR count). The van der Waals surface area contributed by atoms with Gasteiger partial charge >= 0.3 is 7.82 Å². The van der Waals surface area contributed by atoms with E-state index in [1.165, 1.54) is 7.11 Å².